The highest BCUT2D eigenvalue weighted by Crippen LogP contribution is 2.47. The van der Waals surface area contributed by atoms with Crippen LogP contribution in [0.15, 0.2) is 36.4 Å². The molecule has 3 rings (SSSR count). The fraction of sp³-hybridized carbons (Fsp3) is 0.333. The molecule has 0 radical (unpaired) electrons. The summed E-state index contributed by atoms with van der Waals surface area (Å²) in [6.07, 6.45) is 2.96. The van der Waals surface area contributed by atoms with Crippen molar-refractivity contribution in [3.05, 3.63) is 53.5 Å². The summed E-state index contributed by atoms with van der Waals surface area (Å²) in [4.78, 5) is 0. The SMILES string of the molecule is CCc1ccc(NC2(c3ccc(F)cc3)CC2)nn1. The zero-order valence-electron chi connectivity index (χ0n) is 10.9. The lowest BCUT2D eigenvalue weighted by Gasteiger charge is -2.18. The minimum absolute atomic E-state index is 0.0872. The molecular weight excluding hydrogens is 241 g/mol. The molecule has 0 spiro atoms. The van der Waals surface area contributed by atoms with Gasteiger partial charge in [0.05, 0.1) is 11.2 Å². The number of nitrogens with zero attached hydrogens (tertiary/aromatic N) is 2. The first-order chi connectivity index (χ1) is 9.22. The molecule has 4 heteroatoms. The molecule has 1 saturated carbocycles. The molecule has 0 amide bonds. The standard InChI is InChI=1S/C15H16FN3/c1-2-13-7-8-14(19-18-13)17-15(9-10-15)11-3-5-12(16)6-4-11/h3-8H,2,9-10H2,1H3,(H,17,19). The van der Waals surface area contributed by atoms with Gasteiger partial charge in [-0.15, -0.1) is 5.10 Å². The van der Waals surface area contributed by atoms with Crippen LogP contribution in [-0.4, -0.2) is 10.2 Å². The molecule has 1 heterocycles. The van der Waals surface area contributed by atoms with Crippen LogP contribution in [0, 0.1) is 5.82 Å². The van der Waals surface area contributed by atoms with Gasteiger partial charge in [-0.2, -0.15) is 5.10 Å². The minimum atomic E-state index is -0.202. The van der Waals surface area contributed by atoms with Crippen molar-refractivity contribution in [2.75, 3.05) is 5.32 Å². The maximum Gasteiger partial charge on any atom is 0.149 e. The van der Waals surface area contributed by atoms with Crippen LogP contribution in [0.25, 0.3) is 0 Å². The number of rotatable bonds is 4. The Balaban J connectivity index is 1.79. The van der Waals surface area contributed by atoms with E-state index < -0.39 is 0 Å². The van der Waals surface area contributed by atoms with Crippen LogP contribution in [0.3, 0.4) is 0 Å². The first-order valence-electron chi connectivity index (χ1n) is 6.59. The van der Waals surface area contributed by atoms with E-state index >= 15 is 0 Å². The Hall–Kier alpha value is -1.97. The van der Waals surface area contributed by atoms with Crippen LogP contribution in [-0.2, 0) is 12.0 Å². The maximum absolute atomic E-state index is 13.0. The summed E-state index contributed by atoms with van der Waals surface area (Å²) >= 11 is 0. The third kappa shape index (κ3) is 2.43. The predicted molar refractivity (Wildman–Crippen MR) is 72.3 cm³/mol. The van der Waals surface area contributed by atoms with Gasteiger partial charge in [0.1, 0.15) is 11.6 Å². The van der Waals surface area contributed by atoms with Crippen molar-refractivity contribution >= 4 is 5.82 Å². The number of aryl methyl sites for hydroxylation is 1. The van der Waals surface area contributed by atoms with Crippen molar-refractivity contribution in [3.63, 3.8) is 0 Å². The van der Waals surface area contributed by atoms with E-state index in [4.69, 9.17) is 0 Å². The van der Waals surface area contributed by atoms with Crippen LogP contribution in [0.1, 0.15) is 31.0 Å². The lowest BCUT2D eigenvalue weighted by atomic mass is 10.1. The molecule has 1 aliphatic rings. The number of aromatic nitrogens is 2. The Bertz CT molecular complexity index is 559. The Morgan fingerprint density at radius 3 is 2.37 bits per heavy atom. The van der Waals surface area contributed by atoms with Gasteiger partial charge in [-0.1, -0.05) is 19.1 Å². The number of nitrogens with one attached hydrogen (secondary N) is 1. The molecule has 1 fully saturated rings. The molecule has 1 aromatic heterocycles. The van der Waals surface area contributed by atoms with Crippen molar-refractivity contribution in [1.82, 2.24) is 10.2 Å². The summed E-state index contributed by atoms with van der Waals surface area (Å²) in [7, 11) is 0. The molecule has 1 aliphatic carbocycles. The highest BCUT2D eigenvalue weighted by molar-refractivity contribution is 5.45. The van der Waals surface area contributed by atoms with Gasteiger partial charge >= 0.3 is 0 Å². The quantitative estimate of drug-likeness (QED) is 0.913. The molecule has 19 heavy (non-hydrogen) atoms. The third-order valence-corrected chi connectivity index (χ3v) is 3.60. The van der Waals surface area contributed by atoms with Crippen molar-refractivity contribution in [2.24, 2.45) is 0 Å². The Morgan fingerprint density at radius 2 is 1.84 bits per heavy atom. The summed E-state index contributed by atoms with van der Waals surface area (Å²) in [5.74, 6) is 0.575. The monoisotopic (exact) mass is 257 g/mol. The van der Waals surface area contributed by atoms with Crippen LogP contribution in [0.5, 0.6) is 0 Å². The van der Waals surface area contributed by atoms with Crippen molar-refractivity contribution in [3.8, 4) is 0 Å². The summed E-state index contributed by atoms with van der Waals surface area (Å²) < 4.78 is 13.0. The van der Waals surface area contributed by atoms with E-state index in [1.165, 1.54) is 12.1 Å². The van der Waals surface area contributed by atoms with Gasteiger partial charge in [0, 0.05) is 0 Å². The van der Waals surface area contributed by atoms with Gasteiger partial charge < -0.3 is 5.32 Å². The molecule has 0 atom stereocenters. The van der Waals surface area contributed by atoms with Crippen LogP contribution in [0.4, 0.5) is 10.2 Å². The van der Waals surface area contributed by atoms with Crippen LogP contribution < -0.4 is 5.32 Å². The predicted octanol–water partition coefficient (Wildman–Crippen LogP) is 3.28. The van der Waals surface area contributed by atoms with E-state index in [1.54, 1.807) is 0 Å². The normalized spacial score (nSPS) is 16.1. The first-order valence-corrected chi connectivity index (χ1v) is 6.59. The van der Waals surface area contributed by atoms with Crippen LogP contribution >= 0.6 is 0 Å². The molecule has 0 unspecified atom stereocenters. The van der Waals surface area contributed by atoms with Gasteiger partial charge in [0.2, 0.25) is 0 Å². The number of hydrogen-bond donors (Lipinski definition) is 1. The average Bonchev–Trinajstić information content (AvgIpc) is 3.21. The molecule has 1 aromatic carbocycles. The number of halogens is 1. The van der Waals surface area contributed by atoms with E-state index in [2.05, 4.69) is 22.4 Å². The van der Waals surface area contributed by atoms with Gasteiger partial charge in [0.15, 0.2) is 0 Å². The fourth-order valence-electron chi connectivity index (χ4n) is 2.24. The van der Waals surface area contributed by atoms with E-state index in [9.17, 15) is 4.39 Å². The minimum Gasteiger partial charge on any atom is -0.359 e. The van der Waals surface area contributed by atoms with Crippen molar-refractivity contribution < 1.29 is 4.39 Å². The molecule has 0 aliphatic heterocycles. The van der Waals surface area contributed by atoms with Gasteiger partial charge in [-0.05, 0) is 49.1 Å². The summed E-state index contributed by atoms with van der Waals surface area (Å²) in [6, 6.07) is 10.6. The van der Waals surface area contributed by atoms with E-state index in [1.807, 2.05) is 24.3 Å². The zero-order valence-corrected chi connectivity index (χ0v) is 10.9. The molecular formula is C15H16FN3. The summed E-state index contributed by atoms with van der Waals surface area (Å²) in [5, 5.41) is 11.7. The second kappa shape index (κ2) is 4.61. The van der Waals surface area contributed by atoms with Gasteiger partial charge in [0.25, 0.3) is 0 Å². The van der Waals surface area contributed by atoms with E-state index in [0.717, 1.165) is 36.3 Å². The third-order valence-electron chi connectivity index (χ3n) is 3.60. The Labute approximate surface area is 111 Å². The molecule has 0 bridgehead atoms. The molecule has 3 nitrogen and oxygen atoms in total. The lowest BCUT2D eigenvalue weighted by molar-refractivity contribution is 0.625. The van der Waals surface area contributed by atoms with Gasteiger partial charge in [-0.3, -0.25) is 0 Å². The Morgan fingerprint density at radius 1 is 1.11 bits per heavy atom. The smallest absolute Gasteiger partial charge is 0.149 e. The number of hydrogen-bond acceptors (Lipinski definition) is 3. The number of anilines is 1. The lowest BCUT2D eigenvalue weighted by Crippen LogP contribution is -2.19. The summed E-state index contributed by atoms with van der Waals surface area (Å²) in [6.45, 7) is 2.05. The molecule has 2 aromatic rings. The highest BCUT2D eigenvalue weighted by atomic mass is 19.1. The van der Waals surface area contributed by atoms with Crippen molar-refractivity contribution in [2.45, 2.75) is 31.7 Å². The maximum atomic E-state index is 13.0. The molecule has 1 N–H and O–H groups in total. The number of benzene rings is 1. The largest absolute Gasteiger partial charge is 0.359 e. The van der Waals surface area contributed by atoms with E-state index in [-0.39, 0.29) is 11.4 Å². The highest BCUT2D eigenvalue weighted by Gasteiger charge is 2.44. The zero-order chi connectivity index (χ0) is 13.3. The molecule has 98 valence electrons. The second-order valence-electron chi connectivity index (χ2n) is 4.98. The van der Waals surface area contributed by atoms with Gasteiger partial charge in [-0.25, -0.2) is 4.39 Å². The van der Waals surface area contributed by atoms with Crippen molar-refractivity contribution in [1.29, 1.82) is 0 Å². The first kappa shape index (κ1) is 12.1. The van der Waals surface area contributed by atoms with Crippen LogP contribution in [0.2, 0.25) is 0 Å². The topological polar surface area (TPSA) is 37.8 Å². The fourth-order valence-corrected chi connectivity index (χ4v) is 2.24. The Kier molecular flexibility index (Phi) is 2.93. The summed E-state index contributed by atoms with van der Waals surface area (Å²) in [5.41, 5.74) is 2.00. The average molecular weight is 257 g/mol. The molecule has 0 saturated heterocycles. The van der Waals surface area contributed by atoms with E-state index in [0.29, 0.717) is 0 Å². The second-order valence-corrected chi connectivity index (χ2v) is 4.98.